The van der Waals surface area contributed by atoms with E-state index < -0.39 is 6.98 Å². The summed E-state index contributed by atoms with van der Waals surface area (Å²) in [4.78, 5) is 16.5. The Morgan fingerprint density at radius 3 is 3.38 bits per heavy atom. The van der Waals surface area contributed by atoms with E-state index in [1.54, 1.807) is 24.5 Å². The fraction of sp³-hybridized carbons (Fsp3) is 0.400. The number of amides is 1. The molecule has 3 nitrogen and oxygen atoms in total. The zero-order chi connectivity index (χ0) is 11.8. The third kappa shape index (κ3) is 1.41. The first kappa shape index (κ1) is 5.37. The van der Waals surface area contributed by atoms with Gasteiger partial charge in [-0.15, -0.1) is 0 Å². The number of carbonyl (C=O) groups excluding carboxylic acids is 1. The Morgan fingerprint density at radius 2 is 2.69 bits per heavy atom. The molecule has 0 spiro atoms. The van der Waals surface area contributed by atoms with Crippen molar-refractivity contribution in [3.05, 3.63) is 30.1 Å². The Labute approximate surface area is 81.6 Å². The second kappa shape index (κ2) is 3.17. The van der Waals surface area contributed by atoms with E-state index >= 15 is 0 Å². The van der Waals surface area contributed by atoms with Crippen molar-refractivity contribution in [2.45, 2.75) is 18.9 Å². The maximum atomic E-state index is 11.6. The van der Waals surface area contributed by atoms with Crippen LogP contribution in [0.3, 0.4) is 0 Å². The molecule has 0 aromatic carbocycles. The van der Waals surface area contributed by atoms with Crippen LogP contribution in [-0.2, 0) is 4.79 Å². The minimum Gasteiger partial charge on any atom is -0.339 e. The van der Waals surface area contributed by atoms with E-state index in [0.717, 1.165) is 10.5 Å². The third-order valence-corrected chi connectivity index (χ3v) is 2.28. The number of hydrogen-bond acceptors (Lipinski definition) is 2. The van der Waals surface area contributed by atoms with Crippen molar-refractivity contribution in [3.63, 3.8) is 0 Å². The summed E-state index contributed by atoms with van der Waals surface area (Å²) in [7, 11) is 0. The van der Waals surface area contributed by atoms with Gasteiger partial charge in [-0.1, -0.05) is 6.07 Å². The molecule has 3 heteroatoms. The van der Waals surface area contributed by atoms with Crippen molar-refractivity contribution >= 4 is 5.91 Å². The smallest absolute Gasteiger partial charge is 0.222 e. The van der Waals surface area contributed by atoms with Crippen LogP contribution in [0.15, 0.2) is 24.5 Å². The Morgan fingerprint density at radius 1 is 1.77 bits per heavy atom. The fourth-order valence-electron chi connectivity index (χ4n) is 1.57. The van der Waals surface area contributed by atoms with E-state index in [0.29, 0.717) is 6.42 Å². The molecule has 1 amide bonds. The van der Waals surface area contributed by atoms with Crippen molar-refractivity contribution in [1.82, 2.24) is 9.88 Å². The van der Waals surface area contributed by atoms with E-state index in [1.165, 1.54) is 0 Å². The Bertz CT molecular complexity index is 391. The minimum atomic E-state index is -2.37. The molecule has 0 saturated carbocycles. The van der Waals surface area contributed by atoms with Gasteiger partial charge in [0.15, 0.2) is 0 Å². The molecule has 1 saturated heterocycles. The van der Waals surface area contributed by atoms with E-state index in [4.69, 9.17) is 4.11 Å². The topological polar surface area (TPSA) is 33.2 Å². The van der Waals surface area contributed by atoms with Gasteiger partial charge in [-0.2, -0.15) is 0 Å². The summed E-state index contributed by atoms with van der Waals surface area (Å²) in [6, 6.07) is 3.18. The molecular weight excluding hydrogens is 165 g/mol. The van der Waals surface area contributed by atoms with E-state index in [1.807, 2.05) is 0 Å². The van der Waals surface area contributed by atoms with Gasteiger partial charge < -0.3 is 4.90 Å². The molecule has 1 aromatic rings. The Kier molecular flexibility index (Phi) is 1.31. The molecule has 1 aliphatic heterocycles. The lowest BCUT2D eigenvalue weighted by atomic mass is 10.1. The van der Waals surface area contributed by atoms with Crippen LogP contribution in [0, 0.1) is 0 Å². The second-order valence-electron chi connectivity index (χ2n) is 3.10. The average molecular weight is 180 g/mol. The van der Waals surface area contributed by atoms with Crippen LogP contribution < -0.4 is 0 Å². The number of nitrogens with zero attached hydrogens (tertiary/aromatic N) is 2. The van der Waals surface area contributed by atoms with Crippen molar-refractivity contribution in [3.8, 4) is 0 Å². The van der Waals surface area contributed by atoms with Crippen LogP contribution >= 0.6 is 0 Å². The fourth-order valence-corrected chi connectivity index (χ4v) is 1.57. The maximum absolute atomic E-state index is 11.6. The number of likely N-dealkylation sites (tertiary alicyclic amines) is 1. The number of pyridine rings is 1. The molecule has 1 atom stereocenters. The van der Waals surface area contributed by atoms with Gasteiger partial charge in [-0.3, -0.25) is 9.78 Å². The van der Waals surface area contributed by atoms with Crippen molar-refractivity contribution in [1.29, 1.82) is 0 Å². The predicted molar refractivity (Wildman–Crippen MR) is 49.0 cm³/mol. The first-order valence-corrected chi connectivity index (χ1v) is 4.22. The Balaban J connectivity index is 2.32. The molecule has 0 aliphatic carbocycles. The van der Waals surface area contributed by atoms with Crippen molar-refractivity contribution in [2.75, 3.05) is 6.98 Å². The standard InChI is InChI=1S/C10H12N2O/c1-12-9(4-5-10(12)13)8-3-2-6-11-7-8/h2-3,6-7,9H,4-5H2,1H3/i1+1D3. The highest BCUT2D eigenvalue weighted by Gasteiger charge is 2.28. The number of carbonyl (C=O) groups is 1. The molecule has 0 radical (unpaired) electrons. The van der Waals surface area contributed by atoms with Gasteiger partial charge in [0.25, 0.3) is 0 Å². The largest absolute Gasteiger partial charge is 0.339 e. The molecule has 68 valence electrons. The summed E-state index contributed by atoms with van der Waals surface area (Å²) in [6.45, 7) is -2.37. The van der Waals surface area contributed by atoms with Crippen LogP contribution in [-0.4, -0.2) is 22.8 Å². The summed E-state index contributed by atoms with van der Waals surface area (Å²) in [5.74, 6) is -0.311. The molecule has 0 N–H and O–H groups in total. The summed E-state index contributed by atoms with van der Waals surface area (Å²) < 4.78 is 22.1. The number of hydrogen-bond donors (Lipinski definition) is 0. The molecule has 1 aliphatic rings. The van der Waals surface area contributed by atoms with Crippen LogP contribution in [0.5, 0.6) is 0 Å². The minimum absolute atomic E-state index is 0.290. The maximum Gasteiger partial charge on any atom is 0.222 e. The molecular formula is C10H12N2O. The van der Waals surface area contributed by atoms with Crippen molar-refractivity contribution in [2.24, 2.45) is 0 Å². The molecule has 2 rings (SSSR count). The molecule has 13 heavy (non-hydrogen) atoms. The van der Waals surface area contributed by atoms with Gasteiger partial charge in [0.1, 0.15) is 0 Å². The second-order valence-corrected chi connectivity index (χ2v) is 3.10. The van der Waals surface area contributed by atoms with Gasteiger partial charge in [0.05, 0.1) is 6.04 Å². The molecule has 1 aromatic heterocycles. The zero-order valence-corrected chi connectivity index (χ0v) is 7.10. The lowest BCUT2D eigenvalue weighted by Crippen LogP contribution is -2.22. The van der Waals surface area contributed by atoms with E-state index in [2.05, 4.69) is 4.98 Å². The van der Waals surface area contributed by atoms with Crippen LogP contribution in [0.2, 0.25) is 0 Å². The van der Waals surface area contributed by atoms with Crippen LogP contribution in [0.1, 0.15) is 28.6 Å². The quantitative estimate of drug-likeness (QED) is 0.612. The predicted octanol–water partition coefficient (Wildman–Crippen LogP) is 1.37. The van der Waals surface area contributed by atoms with Gasteiger partial charge in [0.2, 0.25) is 5.91 Å². The average Bonchev–Trinajstić information content (AvgIpc) is 2.61. The highest BCUT2D eigenvalue weighted by Crippen LogP contribution is 2.30. The monoisotopic (exact) mass is 180 g/mol. The van der Waals surface area contributed by atoms with E-state index in [-0.39, 0.29) is 18.4 Å². The summed E-state index contributed by atoms with van der Waals surface area (Å²) in [5.41, 5.74) is 0.782. The van der Waals surface area contributed by atoms with Crippen LogP contribution in [0.25, 0.3) is 0 Å². The number of rotatable bonds is 1. The van der Waals surface area contributed by atoms with Gasteiger partial charge in [0, 0.05) is 29.9 Å². The highest BCUT2D eigenvalue weighted by molar-refractivity contribution is 5.78. The first-order valence-electron chi connectivity index (χ1n) is 5.72. The lowest BCUT2D eigenvalue weighted by Gasteiger charge is -2.19. The number of aromatic nitrogens is 1. The zero-order valence-electron chi connectivity index (χ0n) is 10.1. The normalized spacial score (nSPS) is 26.8. The first-order chi connectivity index (χ1) is 7.50. The van der Waals surface area contributed by atoms with Crippen molar-refractivity contribution < 1.29 is 8.91 Å². The highest BCUT2D eigenvalue weighted by atomic mass is 16.2. The van der Waals surface area contributed by atoms with Gasteiger partial charge >= 0.3 is 0 Å². The Hall–Kier alpha value is -1.38. The molecule has 2 heterocycles. The van der Waals surface area contributed by atoms with Gasteiger partial charge in [-0.25, -0.2) is 0 Å². The SMILES string of the molecule is [2H][13C]([2H])([2H])N1C(=O)CCC1c1cccnc1. The van der Waals surface area contributed by atoms with E-state index in [9.17, 15) is 4.79 Å². The summed E-state index contributed by atoms with van der Waals surface area (Å²) >= 11 is 0. The molecule has 0 bridgehead atoms. The molecule has 1 unspecified atom stereocenters. The van der Waals surface area contributed by atoms with Crippen LogP contribution in [0.4, 0.5) is 0 Å². The summed E-state index contributed by atoms with van der Waals surface area (Å²) in [6.07, 6.45) is 4.07. The molecule has 1 fully saturated rings. The summed E-state index contributed by atoms with van der Waals surface area (Å²) in [5, 5.41) is 0. The van der Waals surface area contributed by atoms with Gasteiger partial charge in [-0.05, 0) is 18.1 Å². The lowest BCUT2D eigenvalue weighted by molar-refractivity contribution is -0.127. The third-order valence-electron chi connectivity index (χ3n) is 2.28.